The van der Waals surface area contributed by atoms with E-state index in [2.05, 4.69) is 60.1 Å². The van der Waals surface area contributed by atoms with Crippen LogP contribution in [0.5, 0.6) is 0 Å². The van der Waals surface area contributed by atoms with Crippen LogP contribution in [0.4, 0.5) is 0 Å². The van der Waals surface area contributed by atoms with Gasteiger partial charge in [-0.1, -0.05) is 28.9 Å². The maximum Gasteiger partial charge on any atom is 0.136 e. The van der Waals surface area contributed by atoms with Crippen molar-refractivity contribution < 1.29 is 4.42 Å². The van der Waals surface area contributed by atoms with E-state index in [1.54, 1.807) is 0 Å². The molecule has 0 N–H and O–H groups in total. The van der Waals surface area contributed by atoms with Gasteiger partial charge in [0.05, 0.1) is 0 Å². The second kappa shape index (κ2) is 3.88. The number of halogens is 1. The molecular formula is C15H13BrO. The SMILES string of the molecule is CCc1ccc2oc3cc(C)cc(Br)c3c2c1. The smallest absolute Gasteiger partial charge is 0.136 e. The molecule has 0 spiro atoms. The van der Waals surface area contributed by atoms with Crippen LogP contribution in [0.2, 0.25) is 0 Å². The first-order chi connectivity index (χ1) is 8.19. The first kappa shape index (κ1) is 10.8. The van der Waals surface area contributed by atoms with Crippen molar-refractivity contribution in [2.45, 2.75) is 20.3 Å². The zero-order valence-electron chi connectivity index (χ0n) is 9.88. The molecule has 3 rings (SSSR count). The molecule has 1 nitrogen and oxygen atoms in total. The van der Waals surface area contributed by atoms with Crippen molar-refractivity contribution in [3.63, 3.8) is 0 Å². The Labute approximate surface area is 109 Å². The lowest BCUT2D eigenvalue weighted by Gasteiger charge is -1.98. The van der Waals surface area contributed by atoms with Crippen molar-refractivity contribution in [2.24, 2.45) is 0 Å². The molecule has 0 saturated carbocycles. The zero-order chi connectivity index (χ0) is 12.0. The van der Waals surface area contributed by atoms with Gasteiger partial charge in [-0.2, -0.15) is 0 Å². The minimum absolute atomic E-state index is 0.958. The van der Waals surface area contributed by atoms with Gasteiger partial charge in [0.2, 0.25) is 0 Å². The lowest BCUT2D eigenvalue weighted by atomic mass is 10.1. The average molecular weight is 289 g/mol. The van der Waals surface area contributed by atoms with Crippen LogP contribution in [0.15, 0.2) is 39.2 Å². The first-order valence-corrected chi connectivity index (χ1v) is 6.59. The molecule has 1 aromatic heterocycles. The fraction of sp³-hybridized carbons (Fsp3) is 0.200. The molecule has 2 aromatic carbocycles. The zero-order valence-corrected chi connectivity index (χ0v) is 11.5. The number of benzene rings is 2. The highest BCUT2D eigenvalue weighted by Crippen LogP contribution is 2.35. The second-order valence-corrected chi connectivity index (χ2v) is 5.26. The number of hydrogen-bond donors (Lipinski definition) is 0. The third kappa shape index (κ3) is 1.67. The normalized spacial score (nSPS) is 11.5. The van der Waals surface area contributed by atoms with E-state index >= 15 is 0 Å². The minimum atomic E-state index is 0.958. The van der Waals surface area contributed by atoms with Crippen molar-refractivity contribution >= 4 is 37.9 Å². The lowest BCUT2D eigenvalue weighted by molar-refractivity contribution is 0.668. The Morgan fingerprint density at radius 3 is 2.71 bits per heavy atom. The predicted octanol–water partition coefficient (Wildman–Crippen LogP) is 5.22. The molecular weight excluding hydrogens is 276 g/mol. The van der Waals surface area contributed by atoms with Crippen LogP contribution in [0, 0.1) is 6.92 Å². The summed E-state index contributed by atoms with van der Waals surface area (Å²) >= 11 is 3.63. The number of hydrogen-bond acceptors (Lipinski definition) is 1. The Bertz CT molecular complexity index is 710. The topological polar surface area (TPSA) is 13.1 Å². The lowest BCUT2D eigenvalue weighted by Crippen LogP contribution is -1.78. The molecule has 0 atom stereocenters. The van der Waals surface area contributed by atoms with Crippen molar-refractivity contribution in [3.05, 3.63) is 45.9 Å². The summed E-state index contributed by atoms with van der Waals surface area (Å²) in [5.41, 5.74) is 4.47. The number of fused-ring (bicyclic) bond motifs is 3. The molecule has 0 bridgehead atoms. The summed E-state index contributed by atoms with van der Waals surface area (Å²) in [7, 11) is 0. The summed E-state index contributed by atoms with van der Waals surface area (Å²) in [5.74, 6) is 0. The van der Waals surface area contributed by atoms with E-state index in [9.17, 15) is 0 Å². The van der Waals surface area contributed by atoms with E-state index in [1.807, 2.05) is 0 Å². The van der Waals surface area contributed by atoms with Crippen LogP contribution in [-0.4, -0.2) is 0 Å². The maximum absolute atomic E-state index is 5.88. The molecule has 0 aliphatic carbocycles. The van der Waals surface area contributed by atoms with Crippen LogP contribution in [-0.2, 0) is 6.42 Å². The van der Waals surface area contributed by atoms with Gasteiger partial charge in [0.15, 0.2) is 0 Å². The number of rotatable bonds is 1. The van der Waals surface area contributed by atoms with Gasteiger partial charge in [-0.15, -0.1) is 0 Å². The molecule has 3 aromatic rings. The van der Waals surface area contributed by atoms with E-state index in [4.69, 9.17) is 4.42 Å². The standard InChI is InChI=1S/C15H13BrO/c1-3-10-4-5-13-11(8-10)15-12(16)6-9(2)7-14(15)17-13/h4-8H,3H2,1-2H3. The Morgan fingerprint density at radius 2 is 1.94 bits per heavy atom. The van der Waals surface area contributed by atoms with Crippen molar-refractivity contribution in [3.8, 4) is 0 Å². The quantitative estimate of drug-likeness (QED) is 0.598. The van der Waals surface area contributed by atoms with Crippen LogP contribution in [0.3, 0.4) is 0 Å². The highest BCUT2D eigenvalue weighted by molar-refractivity contribution is 9.10. The van der Waals surface area contributed by atoms with Crippen molar-refractivity contribution in [1.29, 1.82) is 0 Å². The summed E-state index contributed by atoms with van der Waals surface area (Å²) in [4.78, 5) is 0. The molecule has 0 fully saturated rings. The van der Waals surface area contributed by atoms with Gasteiger partial charge in [0, 0.05) is 15.2 Å². The Balaban J connectivity index is 2.48. The Hall–Kier alpha value is -1.28. The molecule has 0 saturated heterocycles. The van der Waals surface area contributed by atoms with Gasteiger partial charge >= 0.3 is 0 Å². The Morgan fingerprint density at radius 1 is 1.12 bits per heavy atom. The summed E-state index contributed by atoms with van der Waals surface area (Å²) in [5, 5.41) is 2.38. The van der Waals surface area contributed by atoms with E-state index in [-0.39, 0.29) is 0 Å². The third-order valence-electron chi connectivity index (χ3n) is 3.14. The number of furan rings is 1. The van der Waals surface area contributed by atoms with Crippen LogP contribution in [0.1, 0.15) is 18.1 Å². The highest BCUT2D eigenvalue weighted by atomic mass is 79.9. The van der Waals surface area contributed by atoms with Gasteiger partial charge in [-0.25, -0.2) is 0 Å². The molecule has 0 radical (unpaired) electrons. The Kier molecular flexibility index (Phi) is 2.48. The minimum Gasteiger partial charge on any atom is -0.456 e. The van der Waals surface area contributed by atoms with E-state index in [0.29, 0.717) is 0 Å². The predicted molar refractivity (Wildman–Crippen MR) is 75.5 cm³/mol. The molecule has 0 aliphatic heterocycles. The second-order valence-electron chi connectivity index (χ2n) is 4.41. The van der Waals surface area contributed by atoms with Crippen LogP contribution >= 0.6 is 15.9 Å². The van der Waals surface area contributed by atoms with Gasteiger partial charge in [-0.3, -0.25) is 0 Å². The first-order valence-electron chi connectivity index (χ1n) is 5.80. The molecule has 17 heavy (non-hydrogen) atoms. The molecule has 86 valence electrons. The third-order valence-corrected chi connectivity index (χ3v) is 3.77. The largest absolute Gasteiger partial charge is 0.456 e. The molecule has 0 unspecified atom stereocenters. The monoisotopic (exact) mass is 288 g/mol. The van der Waals surface area contributed by atoms with Crippen molar-refractivity contribution in [2.75, 3.05) is 0 Å². The van der Waals surface area contributed by atoms with Crippen molar-refractivity contribution in [1.82, 2.24) is 0 Å². The number of aryl methyl sites for hydroxylation is 2. The maximum atomic E-state index is 5.88. The highest BCUT2D eigenvalue weighted by Gasteiger charge is 2.10. The fourth-order valence-corrected chi connectivity index (χ4v) is 3.02. The molecule has 2 heteroatoms. The van der Waals surface area contributed by atoms with E-state index < -0.39 is 0 Å². The summed E-state index contributed by atoms with van der Waals surface area (Å²) in [6.45, 7) is 4.25. The van der Waals surface area contributed by atoms with Crippen LogP contribution < -0.4 is 0 Å². The average Bonchev–Trinajstić information content (AvgIpc) is 2.65. The van der Waals surface area contributed by atoms with E-state index in [1.165, 1.54) is 21.9 Å². The fourth-order valence-electron chi connectivity index (χ4n) is 2.25. The van der Waals surface area contributed by atoms with Gasteiger partial charge < -0.3 is 4.42 Å². The van der Waals surface area contributed by atoms with E-state index in [0.717, 1.165) is 22.1 Å². The van der Waals surface area contributed by atoms with Gasteiger partial charge in [0.1, 0.15) is 11.2 Å². The molecule has 0 aliphatic rings. The van der Waals surface area contributed by atoms with Crippen LogP contribution in [0.25, 0.3) is 21.9 Å². The summed E-state index contributed by atoms with van der Waals surface area (Å²) in [6, 6.07) is 10.6. The van der Waals surface area contributed by atoms with Gasteiger partial charge in [0.25, 0.3) is 0 Å². The molecule has 0 amide bonds. The molecule has 1 heterocycles. The van der Waals surface area contributed by atoms with Gasteiger partial charge in [-0.05, 0) is 48.7 Å². The summed E-state index contributed by atoms with van der Waals surface area (Å²) < 4.78 is 6.99. The summed E-state index contributed by atoms with van der Waals surface area (Å²) in [6.07, 6.45) is 1.05.